The molecule has 4 rings (SSSR count). The summed E-state index contributed by atoms with van der Waals surface area (Å²) in [5.74, 6) is 0.451. The van der Waals surface area contributed by atoms with Crippen LogP contribution >= 0.6 is 11.6 Å². The molecule has 2 heterocycles. The van der Waals surface area contributed by atoms with E-state index >= 15 is 0 Å². The summed E-state index contributed by atoms with van der Waals surface area (Å²) in [5.41, 5.74) is 4.75. The predicted octanol–water partition coefficient (Wildman–Crippen LogP) is 4.59. The van der Waals surface area contributed by atoms with Gasteiger partial charge in [0.15, 0.2) is 0 Å². The van der Waals surface area contributed by atoms with Gasteiger partial charge in [0.25, 0.3) is 5.91 Å². The molecule has 1 aromatic heterocycles. The molecule has 0 N–H and O–H groups in total. The van der Waals surface area contributed by atoms with Gasteiger partial charge in [-0.3, -0.25) is 9.69 Å². The first-order valence-electron chi connectivity index (χ1n) is 12.0. The summed E-state index contributed by atoms with van der Waals surface area (Å²) in [6.45, 7) is 6.31. The van der Waals surface area contributed by atoms with Crippen molar-refractivity contribution >= 4 is 17.5 Å². The number of aromatic nitrogens is 2. The Labute approximate surface area is 212 Å². The van der Waals surface area contributed by atoms with Crippen LogP contribution in [0.3, 0.4) is 0 Å². The van der Waals surface area contributed by atoms with Gasteiger partial charge in [-0.15, -0.1) is 0 Å². The highest BCUT2D eigenvalue weighted by Crippen LogP contribution is 2.28. The largest absolute Gasteiger partial charge is 0.496 e. The van der Waals surface area contributed by atoms with Gasteiger partial charge in [0.1, 0.15) is 5.75 Å². The first-order chi connectivity index (χ1) is 17.0. The molecular formula is C27H33ClN4O3. The van der Waals surface area contributed by atoms with Crippen LogP contribution in [0.5, 0.6) is 5.75 Å². The Hall–Kier alpha value is -2.87. The third kappa shape index (κ3) is 5.69. The average Bonchev–Trinajstić information content (AvgIpc) is 3.24. The summed E-state index contributed by atoms with van der Waals surface area (Å²) in [7, 11) is 3.22. The Morgan fingerprint density at radius 1 is 1.17 bits per heavy atom. The molecule has 0 aliphatic carbocycles. The van der Waals surface area contributed by atoms with E-state index in [0.717, 1.165) is 43.9 Å². The minimum atomic E-state index is -0.105. The zero-order valence-corrected chi connectivity index (χ0v) is 21.4. The molecule has 1 aliphatic rings. The maximum atomic E-state index is 13.6. The quantitative estimate of drug-likeness (QED) is 0.411. The molecule has 1 aliphatic heterocycles. The van der Waals surface area contributed by atoms with E-state index in [9.17, 15) is 4.79 Å². The van der Waals surface area contributed by atoms with Crippen molar-refractivity contribution in [2.45, 2.75) is 32.9 Å². The van der Waals surface area contributed by atoms with Gasteiger partial charge in [0, 0.05) is 43.8 Å². The third-order valence-electron chi connectivity index (χ3n) is 6.34. The standard InChI is InChI=1S/C27H33ClN4O3/c1-4-13-30-14-12-25-23(18-30)24(29-32(25)21-9-7-8-20(28)17-21)19-31(15-16-34-2)27(33)22-10-5-6-11-26(22)35-3/h5-11,17H,4,12-16,18-19H2,1-3H3. The molecule has 1 amide bonds. The Balaban J connectivity index is 1.72. The predicted molar refractivity (Wildman–Crippen MR) is 137 cm³/mol. The van der Waals surface area contributed by atoms with Gasteiger partial charge < -0.3 is 14.4 Å². The second-order valence-corrected chi connectivity index (χ2v) is 9.15. The number of hydrogen-bond acceptors (Lipinski definition) is 5. The molecular weight excluding hydrogens is 464 g/mol. The van der Waals surface area contributed by atoms with Crippen LogP contribution in [0.15, 0.2) is 48.5 Å². The molecule has 2 aromatic carbocycles. The Kier molecular flexibility index (Phi) is 8.44. The number of amides is 1. The van der Waals surface area contributed by atoms with Crippen molar-refractivity contribution in [1.82, 2.24) is 19.6 Å². The molecule has 186 valence electrons. The number of fused-ring (bicyclic) bond motifs is 1. The number of nitrogens with zero attached hydrogens (tertiary/aromatic N) is 4. The fourth-order valence-electron chi connectivity index (χ4n) is 4.62. The maximum Gasteiger partial charge on any atom is 0.258 e. The average molecular weight is 497 g/mol. The lowest BCUT2D eigenvalue weighted by atomic mass is 10.0. The smallest absolute Gasteiger partial charge is 0.258 e. The highest BCUT2D eigenvalue weighted by Gasteiger charge is 2.28. The molecule has 3 aromatic rings. The van der Waals surface area contributed by atoms with Crippen LogP contribution in [0, 0.1) is 0 Å². The van der Waals surface area contributed by atoms with E-state index in [-0.39, 0.29) is 5.91 Å². The van der Waals surface area contributed by atoms with Crippen molar-refractivity contribution in [1.29, 1.82) is 0 Å². The highest BCUT2D eigenvalue weighted by atomic mass is 35.5. The zero-order valence-electron chi connectivity index (χ0n) is 20.7. The normalized spacial score (nSPS) is 13.5. The molecule has 0 spiro atoms. The van der Waals surface area contributed by atoms with Gasteiger partial charge in [-0.05, 0) is 43.3 Å². The van der Waals surface area contributed by atoms with E-state index in [0.29, 0.717) is 36.0 Å². The van der Waals surface area contributed by atoms with E-state index in [1.54, 1.807) is 31.3 Å². The van der Waals surface area contributed by atoms with Crippen molar-refractivity contribution in [3.05, 3.63) is 76.1 Å². The van der Waals surface area contributed by atoms with E-state index < -0.39 is 0 Å². The van der Waals surface area contributed by atoms with Crippen LogP contribution in [-0.4, -0.2) is 65.9 Å². The Morgan fingerprint density at radius 2 is 2.00 bits per heavy atom. The second-order valence-electron chi connectivity index (χ2n) is 8.71. The molecule has 0 unspecified atom stereocenters. The molecule has 0 atom stereocenters. The van der Waals surface area contributed by atoms with Gasteiger partial charge in [0.2, 0.25) is 0 Å². The van der Waals surface area contributed by atoms with E-state index in [1.165, 1.54) is 11.3 Å². The lowest BCUT2D eigenvalue weighted by Crippen LogP contribution is -2.35. The monoisotopic (exact) mass is 496 g/mol. The van der Waals surface area contributed by atoms with E-state index in [2.05, 4.69) is 11.8 Å². The fourth-order valence-corrected chi connectivity index (χ4v) is 4.81. The first-order valence-corrected chi connectivity index (χ1v) is 12.4. The number of carbonyl (C=O) groups is 1. The van der Waals surface area contributed by atoms with Crippen molar-refractivity contribution in [3.63, 3.8) is 0 Å². The first kappa shape index (κ1) is 25.2. The summed E-state index contributed by atoms with van der Waals surface area (Å²) in [4.78, 5) is 17.9. The minimum Gasteiger partial charge on any atom is -0.496 e. The summed E-state index contributed by atoms with van der Waals surface area (Å²) < 4.78 is 12.8. The number of rotatable bonds is 10. The molecule has 8 heteroatoms. The maximum absolute atomic E-state index is 13.6. The van der Waals surface area contributed by atoms with Gasteiger partial charge in [-0.1, -0.05) is 36.7 Å². The fraction of sp³-hybridized carbons (Fsp3) is 0.407. The van der Waals surface area contributed by atoms with Crippen molar-refractivity contribution in [3.8, 4) is 11.4 Å². The van der Waals surface area contributed by atoms with Crippen molar-refractivity contribution in [2.75, 3.05) is 40.5 Å². The van der Waals surface area contributed by atoms with Crippen LogP contribution in [0.4, 0.5) is 0 Å². The van der Waals surface area contributed by atoms with Crippen molar-refractivity contribution in [2.24, 2.45) is 0 Å². The van der Waals surface area contributed by atoms with Crippen LogP contribution < -0.4 is 4.74 Å². The number of methoxy groups -OCH3 is 2. The van der Waals surface area contributed by atoms with Crippen LogP contribution in [0.1, 0.15) is 40.7 Å². The Morgan fingerprint density at radius 3 is 2.74 bits per heavy atom. The summed E-state index contributed by atoms with van der Waals surface area (Å²) in [6.07, 6.45) is 1.99. The minimum absolute atomic E-state index is 0.105. The number of hydrogen-bond donors (Lipinski definition) is 0. The summed E-state index contributed by atoms with van der Waals surface area (Å²) in [6, 6.07) is 15.1. The van der Waals surface area contributed by atoms with Gasteiger partial charge >= 0.3 is 0 Å². The van der Waals surface area contributed by atoms with Crippen LogP contribution in [-0.2, 0) is 24.2 Å². The number of para-hydroxylation sites is 1. The molecule has 0 fully saturated rings. The molecule has 0 bridgehead atoms. The molecule has 35 heavy (non-hydrogen) atoms. The van der Waals surface area contributed by atoms with E-state index in [4.69, 9.17) is 26.2 Å². The van der Waals surface area contributed by atoms with Gasteiger partial charge in [-0.25, -0.2) is 4.68 Å². The van der Waals surface area contributed by atoms with Gasteiger partial charge in [-0.2, -0.15) is 5.10 Å². The third-order valence-corrected chi connectivity index (χ3v) is 6.58. The molecule has 0 saturated carbocycles. The number of halogens is 1. The molecule has 0 radical (unpaired) electrons. The number of carbonyl (C=O) groups excluding carboxylic acids is 1. The second kappa shape index (κ2) is 11.7. The number of benzene rings is 2. The SMILES string of the molecule is CCCN1CCc2c(c(CN(CCOC)C(=O)c3ccccc3OC)nn2-c2cccc(Cl)c2)C1. The van der Waals surface area contributed by atoms with Crippen LogP contribution in [0.25, 0.3) is 5.69 Å². The lowest BCUT2D eigenvalue weighted by Gasteiger charge is -2.28. The molecule has 7 nitrogen and oxygen atoms in total. The van der Waals surface area contributed by atoms with E-state index in [1.807, 2.05) is 41.1 Å². The highest BCUT2D eigenvalue weighted by molar-refractivity contribution is 6.30. The summed E-state index contributed by atoms with van der Waals surface area (Å²) >= 11 is 6.30. The Bertz CT molecular complexity index is 1160. The summed E-state index contributed by atoms with van der Waals surface area (Å²) in [5, 5.41) is 5.70. The van der Waals surface area contributed by atoms with Crippen molar-refractivity contribution < 1.29 is 14.3 Å². The lowest BCUT2D eigenvalue weighted by molar-refractivity contribution is 0.0673. The number of ether oxygens (including phenoxy) is 2. The zero-order chi connectivity index (χ0) is 24.8. The topological polar surface area (TPSA) is 59.8 Å². The molecule has 0 saturated heterocycles. The van der Waals surface area contributed by atoms with Crippen LogP contribution in [0.2, 0.25) is 5.02 Å². The van der Waals surface area contributed by atoms with Gasteiger partial charge in [0.05, 0.1) is 42.9 Å².